The SMILES string of the molecule is CC(=O)N1CCc2nc3sccn3c2C1c1c(C)nn(C)c1C. The van der Waals surface area contributed by atoms with Gasteiger partial charge in [0.2, 0.25) is 5.91 Å². The van der Waals surface area contributed by atoms with Gasteiger partial charge in [0.1, 0.15) is 6.04 Å². The highest BCUT2D eigenvalue weighted by atomic mass is 32.1. The molecule has 1 aliphatic rings. The van der Waals surface area contributed by atoms with Gasteiger partial charge in [0, 0.05) is 49.8 Å². The first-order chi connectivity index (χ1) is 11.0. The van der Waals surface area contributed by atoms with E-state index in [1.54, 1.807) is 18.3 Å². The zero-order chi connectivity index (χ0) is 16.3. The number of amides is 1. The molecule has 0 aromatic carbocycles. The normalized spacial score (nSPS) is 17.7. The Labute approximate surface area is 138 Å². The molecule has 1 atom stereocenters. The van der Waals surface area contributed by atoms with Crippen LogP contribution in [0, 0.1) is 13.8 Å². The third kappa shape index (κ3) is 1.96. The van der Waals surface area contributed by atoms with Crippen molar-refractivity contribution in [3.05, 3.63) is 39.9 Å². The minimum Gasteiger partial charge on any atom is -0.330 e. The molecular formula is C16H19N5OS. The average molecular weight is 329 g/mol. The van der Waals surface area contributed by atoms with E-state index in [1.807, 2.05) is 35.1 Å². The number of imidazole rings is 1. The van der Waals surface area contributed by atoms with Crippen molar-refractivity contribution in [1.29, 1.82) is 0 Å². The molecule has 0 N–H and O–H groups in total. The molecule has 0 radical (unpaired) electrons. The van der Waals surface area contributed by atoms with Crippen LogP contribution in [0.25, 0.3) is 4.96 Å². The van der Waals surface area contributed by atoms with Crippen LogP contribution in [-0.4, -0.2) is 36.5 Å². The quantitative estimate of drug-likeness (QED) is 0.688. The lowest BCUT2D eigenvalue weighted by atomic mass is 9.94. The maximum absolute atomic E-state index is 12.3. The van der Waals surface area contributed by atoms with Crippen LogP contribution in [0.2, 0.25) is 0 Å². The minimum atomic E-state index is -0.116. The predicted octanol–water partition coefficient (Wildman–Crippen LogP) is 2.24. The third-order valence-electron chi connectivity index (χ3n) is 4.78. The van der Waals surface area contributed by atoms with Crippen molar-refractivity contribution < 1.29 is 4.79 Å². The van der Waals surface area contributed by atoms with E-state index in [2.05, 4.69) is 16.4 Å². The Balaban J connectivity index is 2.02. The van der Waals surface area contributed by atoms with Crippen LogP contribution in [0.1, 0.15) is 41.3 Å². The summed E-state index contributed by atoms with van der Waals surface area (Å²) < 4.78 is 4.02. The first-order valence-electron chi connectivity index (χ1n) is 7.70. The summed E-state index contributed by atoms with van der Waals surface area (Å²) in [4.78, 5) is 20.0. The molecule has 0 spiro atoms. The summed E-state index contributed by atoms with van der Waals surface area (Å²) in [7, 11) is 1.95. The maximum atomic E-state index is 12.3. The van der Waals surface area contributed by atoms with Crippen molar-refractivity contribution in [2.24, 2.45) is 7.05 Å². The summed E-state index contributed by atoms with van der Waals surface area (Å²) in [5.74, 6) is 0.0912. The highest BCUT2D eigenvalue weighted by Crippen LogP contribution is 2.39. The Bertz CT molecular complexity index is 919. The lowest BCUT2D eigenvalue weighted by Gasteiger charge is -2.35. The van der Waals surface area contributed by atoms with E-state index in [0.29, 0.717) is 6.54 Å². The fourth-order valence-electron chi connectivity index (χ4n) is 3.64. The van der Waals surface area contributed by atoms with Gasteiger partial charge in [-0.1, -0.05) is 0 Å². The predicted molar refractivity (Wildman–Crippen MR) is 88.7 cm³/mol. The number of nitrogens with zero attached hydrogens (tertiary/aromatic N) is 5. The molecular weight excluding hydrogens is 310 g/mol. The minimum absolute atomic E-state index is 0.0912. The zero-order valence-corrected chi connectivity index (χ0v) is 14.5. The Morgan fingerprint density at radius 2 is 2.17 bits per heavy atom. The van der Waals surface area contributed by atoms with Crippen LogP contribution in [0.3, 0.4) is 0 Å². The summed E-state index contributed by atoms with van der Waals surface area (Å²) in [5.41, 5.74) is 5.40. The van der Waals surface area contributed by atoms with Gasteiger partial charge in [0.15, 0.2) is 4.96 Å². The number of hydrogen-bond acceptors (Lipinski definition) is 4. The molecule has 7 heteroatoms. The van der Waals surface area contributed by atoms with Gasteiger partial charge in [-0.15, -0.1) is 11.3 Å². The highest BCUT2D eigenvalue weighted by molar-refractivity contribution is 7.15. The lowest BCUT2D eigenvalue weighted by molar-refractivity contribution is -0.131. The van der Waals surface area contributed by atoms with Crippen molar-refractivity contribution in [3.8, 4) is 0 Å². The molecule has 1 aliphatic heterocycles. The van der Waals surface area contributed by atoms with Gasteiger partial charge < -0.3 is 4.90 Å². The van der Waals surface area contributed by atoms with Gasteiger partial charge in [-0.2, -0.15) is 5.10 Å². The Morgan fingerprint density at radius 1 is 1.39 bits per heavy atom. The van der Waals surface area contributed by atoms with E-state index in [4.69, 9.17) is 4.98 Å². The number of carbonyl (C=O) groups excluding carboxylic acids is 1. The largest absolute Gasteiger partial charge is 0.330 e. The number of rotatable bonds is 1. The van der Waals surface area contributed by atoms with E-state index in [9.17, 15) is 4.79 Å². The van der Waals surface area contributed by atoms with E-state index < -0.39 is 0 Å². The van der Waals surface area contributed by atoms with Crippen molar-refractivity contribution in [1.82, 2.24) is 24.1 Å². The molecule has 4 heterocycles. The van der Waals surface area contributed by atoms with Gasteiger partial charge in [-0.05, 0) is 13.8 Å². The third-order valence-corrected chi connectivity index (χ3v) is 5.53. The number of carbonyl (C=O) groups is 1. The van der Waals surface area contributed by atoms with E-state index in [1.165, 1.54) is 0 Å². The second-order valence-corrected chi connectivity index (χ2v) is 6.95. The van der Waals surface area contributed by atoms with Crippen molar-refractivity contribution in [2.75, 3.05) is 6.54 Å². The van der Waals surface area contributed by atoms with Crippen molar-refractivity contribution >= 4 is 22.2 Å². The summed E-state index contributed by atoms with van der Waals surface area (Å²) in [6.45, 7) is 6.42. The monoisotopic (exact) mass is 329 g/mol. The molecule has 0 aliphatic carbocycles. The molecule has 120 valence electrons. The van der Waals surface area contributed by atoms with Crippen LogP contribution in [0.4, 0.5) is 0 Å². The van der Waals surface area contributed by atoms with E-state index in [0.717, 1.165) is 39.7 Å². The van der Waals surface area contributed by atoms with E-state index in [-0.39, 0.29) is 11.9 Å². The molecule has 4 rings (SSSR count). The molecule has 0 bridgehead atoms. The Kier molecular flexibility index (Phi) is 3.09. The van der Waals surface area contributed by atoms with Gasteiger partial charge in [0.05, 0.1) is 17.1 Å². The summed E-state index contributed by atoms with van der Waals surface area (Å²) in [5, 5.41) is 6.59. The topological polar surface area (TPSA) is 55.4 Å². The van der Waals surface area contributed by atoms with Gasteiger partial charge in [-0.25, -0.2) is 4.98 Å². The standard InChI is InChI=1S/C16H19N5OS/c1-9-13(10(2)19(4)18-9)15-14-12(5-6-20(15)11(3)22)17-16-21(14)7-8-23-16/h7-8,15H,5-6H2,1-4H3. The molecule has 1 unspecified atom stereocenters. The molecule has 3 aromatic heterocycles. The molecule has 23 heavy (non-hydrogen) atoms. The Hall–Kier alpha value is -2.15. The van der Waals surface area contributed by atoms with Crippen LogP contribution in [0.5, 0.6) is 0 Å². The summed E-state index contributed by atoms with van der Waals surface area (Å²) >= 11 is 1.63. The summed E-state index contributed by atoms with van der Waals surface area (Å²) in [6.07, 6.45) is 2.85. The van der Waals surface area contributed by atoms with Gasteiger partial charge >= 0.3 is 0 Å². The molecule has 3 aromatic rings. The van der Waals surface area contributed by atoms with Crippen LogP contribution in [0.15, 0.2) is 11.6 Å². The number of aromatic nitrogens is 4. The number of aryl methyl sites for hydroxylation is 2. The first-order valence-corrected chi connectivity index (χ1v) is 8.58. The number of hydrogen-bond donors (Lipinski definition) is 0. The fraction of sp³-hybridized carbons (Fsp3) is 0.438. The molecule has 6 nitrogen and oxygen atoms in total. The van der Waals surface area contributed by atoms with Crippen molar-refractivity contribution in [2.45, 2.75) is 33.2 Å². The van der Waals surface area contributed by atoms with Gasteiger partial charge in [0.25, 0.3) is 0 Å². The second-order valence-electron chi connectivity index (χ2n) is 6.07. The van der Waals surface area contributed by atoms with Gasteiger partial charge in [-0.3, -0.25) is 13.9 Å². The maximum Gasteiger partial charge on any atom is 0.220 e. The smallest absolute Gasteiger partial charge is 0.220 e. The zero-order valence-electron chi connectivity index (χ0n) is 13.7. The van der Waals surface area contributed by atoms with Crippen molar-refractivity contribution in [3.63, 3.8) is 0 Å². The lowest BCUT2D eigenvalue weighted by Crippen LogP contribution is -2.40. The van der Waals surface area contributed by atoms with E-state index >= 15 is 0 Å². The second kappa shape index (κ2) is 4.92. The summed E-state index contributed by atoms with van der Waals surface area (Å²) in [6, 6.07) is -0.116. The fourth-order valence-corrected chi connectivity index (χ4v) is 4.38. The molecule has 0 saturated carbocycles. The molecule has 0 saturated heterocycles. The highest BCUT2D eigenvalue weighted by Gasteiger charge is 2.37. The average Bonchev–Trinajstić information content (AvgIpc) is 3.12. The molecule has 1 amide bonds. The van der Waals surface area contributed by atoms with Crippen LogP contribution >= 0.6 is 11.3 Å². The number of fused-ring (bicyclic) bond motifs is 3. The molecule has 0 fully saturated rings. The Morgan fingerprint density at radius 3 is 2.83 bits per heavy atom. The number of thiazole rings is 1. The van der Waals surface area contributed by atoms with Crippen LogP contribution in [-0.2, 0) is 18.3 Å². The van der Waals surface area contributed by atoms with Crippen LogP contribution < -0.4 is 0 Å². The first kappa shape index (κ1) is 14.4.